The molecule has 3 rings (SSSR count). The number of halogens is 3. The normalized spacial score (nSPS) is 11.0. The number of oxazole rings is 1. The maximum Gasteiger partial charge on any atom is 0.227 e. The van der Waals surface area contributed by atoms with Crippen LogP contribution in [0, 0.1) is 0 Å². The number of rotatable bonds is 2. The summed E-state index contributed by atoms with van der Waals surface area (Å²) in [6, 6.07) is 6.60. The fourth-order valence-corrected chi connectivity index (χ4v) is 2.86. The molecule has 0 saturated heterocycles. The van der Waals surface area contributed by atoms with E-state index in [0.29, 0.717) is 49.1 Å². The van der Waals surface area contributed by atoms with Gasteiger partial charge in [-0.25, -0.2) is 4.98 Å². The van der Waals surface area contributed by atoms with E-state index in [4.69, 9.17) is 49.7 Å². The van der Waals surface area contributed by atoms with Crippen molar-refractivity contribution < 1.29 is 9.15 Å². The number of fused-ring (bicyclic) bond motifs is 1. The van der Waals surface area contributed by atoms with Crippen LogP contribution in [0.4, 0.5) is 5.69 Å². The number of anilines is 1. The molecular formula is C14H9Cl3N2O2. The molecule has 2 aromatic carbocycles. The van der Waals surface area contributed by atoms with Crippen molar-refractivity contribution in [3.05, 3.63) is 39.3 Å². The van der Waals surface area contributed by atoms with E-state index in [9.17, 15) is 0 Å². The Morgan fingerprint density at radius 3 is 2.52 bits per heavy atom. The van der Waals surface area contributed by atoms with Crippen molar-refractivity contribution in [2.75, 3.05) is 12.8 Å². The van der Waals surface area contributed by atoms with Gasteiger partial charge in [-0.3, -0.25) is 0 Å². The number of ether oxygens (including phenoxy) is 1. The second kappa shape index (κ2) is 5.30. The number of hydrogen-bond donors (Lipinski definition) is 1. The van der Waals surface area contributed by atoms with Crippen molar-refractivity contribution in [2.45, 2.75) is 0 Å². The summed E-state index contributed by atoms with van der Waals surface area (Å²) in [5.41, 5.74) is 7.94. The lowest BCUT2D eigenvalue weighted by Crippen LogP contribution is -1.94. The summed E-state index contributed by atoms with van der Waals surface area (Å²) in [7, 11) is 1.50. The predicted octanol–water partition coefficient (Wildman–Crippen LogP) is 5.05. The van der Waals surface area contributed by atoms with Gasteiger partial charge in [0, 0.05) is 10.6 Å². The quantitative estimate of drug-likeness (QED) is 0.662. The summed E-state index contributed by atoms with van der Waals surface area (Å²) in [5, 5.41) is 1.25. The molecular weight excluding hydrogens is 335 g/mol. The maximum absolute atomic E-state index is 6.12. The summed E-state index contributed by atoms with van der Waals surface area (Å²) >= 11 is 18.1. The monoisotopic (exact) mass is 342 g/mol. The molecule has 21 heavy (non-hydrogen) atoms. The first kappa shape index (κ1) is 14.3. The standard InChI is InChI=1S/C14H9Cl3N2O2/c1-20-12-8(16)2-6(3-10(12)18)14-19-11-5-7(15)4-9(17)13(11)21-14/h2-5H,18H2,1H3. The van der Waals surface area contributed by atoms with Gasteiger partial charge in [-0.15, -0.1) is 0 Å². The van der Waals surface area contributed by atoms with Gasteiger partial charge in [-0.05, 0) is 24.3 Å². The SMILES string of the molecule is COc1c(N)cc(-c2nc3cc(Cl)cc(Cl)c3o2)cc1Cl. The van der Waals surface area contributed by atoms with Crippen LogP contribution in [0.2, 0.25) is 15.1 Å². The zero-order valence-corrected chi connectivity index (χ0v) is 13.1. The van der Waals surface area contributed by atoms with Gasteiger partial charge >= 0.3 is 0 Å². The van der Waals surface area contributed by atoms with Crippen molar-refractivity contribution in [2.24, 2.45) is 0 Å². The minimum atomic E-state index is 0.352. The minimum absolute atomic E-state index is 0.352. The Labute approximate surface area is 135 Å². The molecule has 0 bridgehead atoms. The van der Waals surface area contributed by atoms with E-state index in [1.54, 1.807) is 24.3 Å². The number of nitrogens with zero attached hydrogens (tertiary/aromatic N) is 1. The third-order valence-electron chi connectivity index (χ3n) is 2.93. The summed E-state index contributed by atoms with van der Waals surface area (Å²) in [5.74, 6) is 0.767. The highest BCUT2D eigenvalue weighted by Crippen LogP contribution is 2.37. The van der Waals surface area contributed by atoms with Crippen LogP contribution in [0.5, 0.6) is 5.75 Å². The molecule has 108 valence electrons. The molecule has 0 spiro atoms. The molecule has 1 heterocycles. The van der Waals surface area contributed by atoms with E-state index < -0.39 is 0 Å². The van der Waals surface area contributed by atoms with Crippen LogP contribution in [0.15, 0.2) is 28.7 Å². The molecule has 0 unspecified atom stereocenters. The van der Waals surface area contributed by atoms with E-state index in [2.05, 4.69) is 4.98 Å². The Hall–Kier alpha value is -1.62. The Kier molecular flexibility index (Phi) is 3.61. The minimum Gasteiger partial charge on any atom is -0.493 e. The number of benzene rings is 2. The molecule has 0 aliphatic heterocycles. The molecule has 0 radical (unpaired) electrons. The topological polar surface area (TPSA) is 61.3 Å². The first-order valence-corrected chi connectivity index (χ1v) is 7.02. The molecule has 2 N–H and O–H groups in total. The van der Waals surface area contributed by atoms with Gasteiger partial charge in [0.15, 0.2) is 11.3 Å². The Balaban J connectivity index is 2.19. The highest BCUT2D eigenvalue weighted by molar-refractivity contribution is 6.38. The highest BCUT2D eigenvalue weighted by atomic mass is 35.5. The average Bonchev–Trinajstić information content (AvgIpc) is 2.82. The van der Waals surface area contributed by atoms with Crippen molar-refractivity contribution in [1.82, 2.24) is 4.98 Å². The lowest BCUT2D eigenvalue weighted by molar-refractivity contribution is 0.417. The molecule has 0 saturated carbocycles. The van der Waals surface area contributed by atoms with Gasteiger partial charge in [0.25, 0.3) is 0 Å². The maximum atomic E-state index is 6.12. The van der Waals surface area contributed by atoms with E-state index in [-0.39, 0.29) is 0 Å². The number of nitrogen functional groups attached to an aromatic ring is 1. The van der Waals surface area contributed by atoms with Crippen molar-refractivity contribution in [3.63, 3.8) is 0 Å². The predicted molar refractivity (Wildman–Crippen MR) is 85.4 cm³/mol. The summed E-state index contributed by atoms with van der Waals surface area (Å²) < 4.78 is 10.8. The Morgan fingerprint density at radius 1 is 1.10 bits per heavy atom. The van der Waals surface area contributed by atoms with Crippen LogP contribution < -0.4 is 10.5 Å². The Morgan fingerprint density at radius 2 is 1.86 bits per heavy atom. The number of methoxy groups -OCH3 is 1. The summed E-state index contributed by atoms with van der Waals surface area (Å²) in [4.78, 5) is 4.35. The third kappa shape index (κ3) is 2.50. The summed E-state index contributed by atoms with van der Waals surface area (Å²) in [6.45, 7) is 0. The van der Waals surface area contributed by atoms with E-state index >= 15 is 0 Å². The van der Waals surface area contributed by atoms with Crippen molar-refractivity contribution >= 4 is 51.6 Å². The number of nitrogens with two attached hydrogens (primary N) is 1. The second-order valence-corrected chi connectivity index (χ2v) is 5.59. The van der Waals surface area contributed by atoms with Crippen LogP contribution in [-0.2, 0) is 0 Å². The summed E-state index contributed by atoms with van der Waals surface area (Å²) in [6.07, 6.45) is 0. The van der Waals surface area contributed by atoms with Gasteiger partial charge in [0.05, 0.1) is 22.8 Å². The molecule has 0 amide bonds. The second-order valence-electron chi connectivity index (χ2n) is 4.34. The molecule has 0 atom stereocenters. The van der Waals surface area contributed by atoms with Crippen LogP contribution in [-0.4, -0.2) is 12.1 Å². The average molecular weight is 344 g/mol. The fourth-order valence-electron chi connectivity index (χ4n) is 2.04. The lowest BCUT2D eigenvalue weighted by atomic mass is 10.2. The molecule has 4 nitrogen and oxygen atoms in total. The molecule has 0 aliphatic rings. The van der Waals surface area contributed by atoms with Crippen LogP contribution >= 0.6 is 34.8 Å². The zero-order chi connectivity index (χ0) is 15.1. The Bertz CT molecular complexity index is 823. The van der Waals surface area contributed by atoms with E-state index in [1.165, 1.54) is 7.11 Å². The highest BCUT2D eigenvalue weighted by Gasteiger charge is 2.15. The molecule has 7 heteroatoms. The van der Waals surface area contributed by atoms with Crippen molar-refractivity contribution in [1.29, 1.82) is 0 Å². The van der Waals surface area contributed by atoms with Crippen molar-refractivity contribution in [3.8, 4) is 17.2 Å². The molecule has 0 fully saturated rings. The smallest absolute Gasteiger partial charge is 0.227 e. The first-order valence-electron chi connectivity index (χ1n) is 5.88. The molecule has 3 aromatic rings. The van der Waals surface area contributed by atoms with E-state index in [0.717, 1.165) is 0 Å². The van der Waals surface area contributed by atoms with Gasteiger partial charge in [-0.1, -0.05) is 34.8 Å². The molecule has 1 aromatic heterocycles. The van der Waals surface area contributed by atoms with Gasteiger partial charge in [-0.2, -0.15) is 0 Å². The van der Waals surface area contributed by atoms with E-state index in [1.807, 2.05) is 0 Å². The fraction of sp³-hybridized carbons (Fsp3) is 0.0714. The number of hydrogen-bond acceptors (Lipinski definition) is 4. The largest absolute Gasteiger partial charge is 0.493 e. The lowest BCUT2D eigenvalue weighted by Gasteiger charge is -2.07. The van der Waals surface area contributed by atoms with Gasteiger partial charge in [0.2, 0.25) is 5.89 Å². The van der Waals surface area contributed by atoms with Crippen LogP contribution in [0.1, 0.15) is 0 Å². The van der Waals surface area contributed by atoms with Gasteiger partial charge in [0.1, 0.15) is 5.52 Å². The van der Waals surface area contributed by atoms with Crippen LogP contribution in [0.3, 0.4) is 0 Å². The zero-order valence-electron chi connectivity index (χ0n) is 10.8. The van der Waals surface area contributed by atoms with Crippen LogP contribution in [0.25, 0.3) is 22.6 Å². The van der Waals surface area contributed by atoms with Gasteiger partial charge < -0.3 is 14.9 Å². The third-order valence-corrected chi connectivity index (χ3v) is 3.71. The first-order chi connectivity index (χ1) is 9.99. The molecule has 0 aliphatic carbocycles. The number of aromatic nitrogens is 1.